The van der Waals surface area contributed by atoms with Gasteiger partial charge in [0.15, 0.2) is 0 Å². The van der Waals surface area contributed by atoms with Gasteiger partial charge in [-0.2, -0.15) is 0 Å². The average Bonchev–Trinajstić information content (AvgIpc) is 2.37. The lowest BCUT2D eigenvalue weighted by molar-refractivity contribution is 0.243. The molecule has 5 heteroatoms. The molecule has 0 aliphatic heterocycles. The highest BCUT2D eigenvalue weighted by Gasteiger charge is 2.25. The van der Waals surface area contributed by atoms with Crippen LogP contribution in [-0.4, -0.2) is 34.3 Å². The average molecular weight is 185 g/mol. The fourth-order valence-electron chi connectivity index (χ4n) is 0.829. The standard InChI is InChI=1S/C7H15N3OSi/c1-12(2,3)7(11)4-6-5-8-10-9-6/h5,7,11H,4H2,1-3H3,(H,8,9,10). The highest BCUT2D eigenvalue weighted by molar-refractivity contribution is 6.77. The Morgan fingerprint density at radius 1 is 1.58 bits per heavy atom. The topological polar surface area (TPSA) is 61.8 Å². The van der Waals surface area contributed by atoms with Crippen LogP contribution in [0.15, 0.2) is 6.20 Å². The van der Waals surface area contributed by atoms with Gasteiger partial charge >= 0.3 is 0 Å². The molecule has 1 unspecified atom stereocenters. The van der Waals surface area contributed by atoms with E-state index >= 15 is 0 Å². The van der Waals surface area contributed by atoms with Gasteiger partial charge in [0.25, 0.3) is 0 Å². The summed E-state index contributed by atoms with van der Waals surface area (Å²) in [6.07, 6.45) is 2.34. The molecule has 2 N–H and O–H groups in total. The smallest absolute Gasteiger partial charge is 0.0846 e. The Hall–Kier alpha value is -0.683. The second kappa shape index (κ2) is 3.36. The van der Waals surface area contributed by atoms with Gasteiger partial charge in [-0.1, -0.05) is 24.9 Å². The van der Waals surface area contributed by atoms with Gasteiger partial charge in [0.2, 0.25) is 0 Å². The molecule has 4 nitrogen and oxygen atoms in total. The number of aliphatic hydroxyl groups excluding tert-OH is 1. The Balaban J connectivity index is 2.53. The van der Waals surface area contributed by atoms with Crippen LogP contribution in [0.25, 0.3) is 0 Å². The number of nitrogens with zero attached hydrogens (tertiary/aromatic N) is 2. The summed E-state index contributed by atoms with van der Waals surface area (Å²) >= 11 is 0. The highest BCUT2D eigenvalue weighted by atomic mass is 28.3. The molecule has 0 fully saturated rings. The number of aromatic amines is 1. The summed E-state index contributed by atoms with van der Waals surface area (Å²) < 4.78 is 0. The summed E-state index contributed by atoms with van der Waals surface area (Å²) in [6, 6.07) is 0. The largest absolute Gasteiger partial charge is 0.396 e. The summed E-state index contributed by atoms with van der Waals surface area (Å²) in [5.74, 6) is 0. The monoisotopic (exact) mass is 185 g/mol. The van der Waals surface area contributed by atoms with E-state index < -0.39 is 8.07 Å². The van der Waals surface area contributed by atoms with Gasteiger partial charge in [-0.05, 0) is 0 Å². The van der Waals surface area contributed by atoms with Crippen LogP contribution in [-0.2, 0) is 6.42 Å². The second-order valence-corrected chi connectivity index (χ2v) is 9.45. The van der Waals surface area contributed by atoms with Crippen LogP contribution in [0.1, 0.15) is 5.69 Å². The predicted octanol–water partition coefficient (Wildman–Crippen LogP) is 0.585. The van der Waals surface area contributed by atoms with Crippen LogP contribution in [0, 0.1) is 0 Å². The Bertz CT molecular complexity index is 229. The number of aromatic nitrogens is 3. The Kier molecular flexibility index (Phi) is 2.64. The first kappa shape index (κ1) is 9.41. The summed E-state index contributed by atoms with van der Waals surface area (Å²) in [4.78, 5) is 0. The maximum atomic E-state index is 9.74. The third kappa shape index (κ3) is 2.42. The molecule has 0 bridgehead atoms. The van der Waals surface area contributed by atoms with Crippen LogP contribution in [0.3, 0.4) is 0 Å². The van der Waals surface area contributed by atoms with E-state index in [9.17, 15) is 5.11 Å². The van der Waals surface area contributed by atoms with E-state index in [4.69, 9.17) is 0 Å². The van der Waals surface area contributed by atoms with Crippen molar-refractivity contribution in [1.29, 1.82) is 0 Å². The number of H-pyrrole nitrogens is 1. The normalized spacial score (nSPS) is 14.7. The van der Waals surface area contributed by atoms with Gasteiger partial charge in [-0.3, -0.25) is 5.10 Å². The molecule has 0 radical (unpaired) electrons. The van der Waals surface area contributed by atoms with E-state index in [2.05, 4.69) is 35.1 Å². The van der Waals surface area contributed by atoms with Crippen molar-refractivity contribution in [2.24, 2.45) is 0 Å². The fraction of sp³-hybridized carbons (Fsp3) is 0.714. The number of rotatable bonds is 3. The zero-order chi connectivity index (χ0) is 9.19. The summed E-state index contributed by atoms with van der Waals surface area (Å²) in [6.45, 7) is 6.41. The Morgan fingerprint density at radius 3 is 2.67 bits per heavy atom. The van der Waals surface area contributed by atoms with Crippen LogP contribution in [0.4, 0.5) is 0 Å². The van der Waals surface area contributed by atoms with E-state index in [-0.39, 0.29) is 5.73 Å². The zero-order valence-corrected chi connectivity index (χ0v) is 8.70. The molecule has 0 spiro atoms. The van der Waals surface area contributed by atoms with Crippen molar-refractivity contribution in [3.8, 4) is 0 Å². The minimum Gasteiger partial charge on any atom is -0.396 e. The lowest BCUT2D eigenvalue weighted by Crippen LogP contribution is -2.39. The van der Waals surface area contributed by atoms with Gasteiger partial charge in [0.05, 0.1) is 19.5 Å². The van der Waals surface area contributed by atoms with E-state index in [0.29, 0.717) is 6.42 Å². The van der Waals surface area contributed by atoms with Gasteiger partial charge in [0.1, 0.15) is 0 Å². The second-order valence-electron chi connectivity index (χ2n) is 4.05. The first-order valence-electron chi connectivity index (χ1n) is 4.03. The molecule has 0 aliphatic carbocycles. The van der Waals surface area contributed by atoms with E-state index in [1.807, 2.05) is 0 Å². The first-order chi connectivity index (χ1) is 5.50. The van der Waals surface area contributed by atoms with Crippen molar-refractivity contribution in [2.75, 3.05) is 0 Å². The molecule has 0 aromatic carbocycles. The van der Waals surface area contributed by atoms with Crippen molar-refractivity contribution in [1.82, 2.24) is 15.4 Å². The number of nitrogens with one attached hydrogen (secondary N) is 1. The molecule has 68 valence electrons. The number of aliphatic hydroxyl groups is 1. The molecule has 0 amide bonds. The van der Waals surface area contributed by atoms with Crippen molar-refractivity contribution >= 4 is 8.07 Å². The SMILES string of the molecule is C[Si](C)(C)C(O)Cc1c[nH]nn1. The number of hydrogen-bond acceptors (Lipinski definition) is 3. The minimum absolute atomic E-state index is 0.234. The quantitative estimate of drug-likeness (QED) is 0.677. The molecular formula is C7H15N3OSi. The third-order valence-electron chi connectivity index (χ3n) is 1.87. The van der Waals surface area contributed by atoms with Crippen LogP contribution in [0.5, 0.6) is 0 Å². The summed E-state index contributed by atoms with van der Waals surface area (Å²) in [5.41, 5.74) is 0.604. The van der Waals surface area contributed by atoms with Crippen LogP contribution >= 0.6 is 0 Å². The minimum atomic E-state index is -1.44. The zero-order valence-electron chi connectivity index (χ0n) is 7.70. The van der Waals surface area contributed by atoms with Crippen LogP contribution in [0.2, 0.25) is 19.6 Å². The highest BCUT2D eigenvalue weighted by Crippen LogP contribution is 2.11. The maximum absolute atomic E-state index is 9.74. The van der Waals surface area contributed by atoms with Crippen molar-refractivity contribution in [3.05, 3.63) is 11.9 Å². The van der Waals surface area contributed by atoms with E-state index in [1.54, 1.807) is 6.20 Å². The molecule has 1 heterocycles. The number of hydrogen-bond donors (Lipinski definition) is 2. The van der Waals surface area contributed by atoms with Crippen molar-refractivity contribution in [3.63, 3.8) is 0 Å². The molecule has 0 aliphatic rings. The predicted molar refractivity (Wildman–Crippen MR) is 49.4 cm³/mol. The van der Waals surface area contributed by atoms with Gasteiger partial charge in [0, 0.05) is 12.6 Å². The van der Waals surface area contributed by atoms with Gasteiger partial charge in [-0.15, -0.1) is 5.10 Å². The third-order valence-corrected chi connectivity index (χ3v) is 4.07. The van der Waals surface area contributed by atoms with E-state index in [0.717, 1.165) is 5.69 Å². The van der Waals surface area contributed by atoms with E-state index in [1.165, 1.54) is 0 Å². The molecule has 1 atom stereocenters. The summed E-state index contributed by atoms with van der Waals surface area (Å²) in [5, 5.41) is 19.8. The van der Waals surface area contributed by atoms with Crippen LogP contribution < -0.4 is 0 Å². The first-order valence-corrected chi connectivity index (χ1v) is 7.61. The molecule has 1 rings (SSSR count). The molecule has 0 saturated heterocycles. The van der Waals surface area contributed by atoms with Gasteiger partial charge < -0.3 is 5.11 Å². The Morgan fingerprint density at radius 2 is 2.25 bits per heavy atom. The molecule has 1 aromatic rings. The lowest BCUT2D eigenvalue weighted by atomic mass is 10.3. The molecule has 1 aromatic heterocycles. The van der Waals surface area contributed by atoms with Crippen molar-refractivity contribution < 1.29 is 5.11 Å². The Labute approximate surface area is 73.0 Å². The maximum Gasteiger partial charge on any atom is 0.0846 e. The fourth-order valence-corrected chi connectivity index (χ4v) is 1.65. The molecule has 0 saturated carbocycles. The van der Waals surface area contributed by atoms with Gasteiger partial charge in [-0.25, -0.2) is 0 Å². The summed E-state index contributed by atoms with van der Waals surface area (Å²) in [7, 11) is -1.44. The molecule has 12 heavy (non-hydrogen) atoms. The lowest BCUT2D eigenvalue weighted by Gasteiger charge is -2.22. The molecular weight excluding hydrogens is 170 g/mol. The van der Waals surface area contributed by atoms with Crippen molar-refractivity contribution in [2.45, 2.75) is 31.8 Å².